The molecule has 0 saturated carbocycles. The highest BCUT2D eigenvalue weighted by Crippen LogP contribution is 2.12. The van der Waals surface area contributed by atoms with E-state index in [2.05, 4.69) is 3.63 Å². The molecule has 0 atom stereocenters. The van der Waals surface area contributed by atoms with Gasteiger partial charge in [-0.05, 0) is 0 Å². The summed E-state index contributed by atoms with van der Waals surface area (Å²) in [5.74, 6) is 0. The Morgan fingerprint density at radius 2 is 1.40 bits per heavy atom. The van der Waals surface area contributed by atoms with Gasteiger partial charge in [0.2, 0.25) is 0 Å². The third kappa shape index (κ3) is 0.555. The third-order valence-corrected chi connectivity index (χ3v) is 1.86. The minimum atomic E-state index is -1.43. The molecule has 0 aromatic carbocycles. The SMILES string of the molecule is O=S1OS1=O. The van der Waals surface area contributed by atoms with E-state index in [-0.39, 0.29) is 0 Å². The minimum Gasteiger partial charge on any atom is -0.211 e. The van der Waals surface area contributed by atoms with Gasteiger partial charge in [-0.25, -0.2) is 8.42 Å². The Balaban J connectivity index is 2.81. The van der Waals surface area contributed by atoms with Crippen LogP contribution in [0.1, 0.15) is 0 Å². The summed E-state index contributed by atoms with van der Waals surface area (Å²) in [5.41, 5.74) is 0. The summed E-state index contributed by atoms with van der Waals surface area (Å²) in [6.45, 7) is 0. The van der Waals surface area contributed by atoms with Gasteiger partial charge in [-0.1, -0.05) is 0 Å². The van der Waals surface area contributed by atoms with Gasteiger partial charge in [0.1, 0.15) is 0 Å². The van der Waals surface area contributed by atoms with Crippen molar-refractivity contribution in [1.29, 1.82) is 0 Å². The lowest BCUT2D eigenvalue weighted by molar-refractivity contribution is 0.630. The van der Waals surface area contributed by atoms with E-state index in [0.717, 1.165) is 0 Å². The molecule has 5 heteroatoms. The topological polar surface area (TPSA) is 46.7 Å². The van der Waals surface area contributed by atoms with Gasteiger partial charge < -0.3 is 0 Å². The first-order chi connectivity index (χ1) is 2.30. The molecule has 0 aliphatic carbocycles. The van der Waals surface area contributed by atoms with E-state index in [1.165, 1.54) is 0 Å². The van der Waals surface area contributed by atoms with Gasteiger partial charge in [0, 0.05) is 0 Å². The third-order valence-electron chi connectivity index (χ3n) is 0.207. The van der Waals surface area contributed by atoms with Crippen LogP contribution in [0.2, 0.25) is 0 Å². The molecule has 1 heterocycles. The van der Waals surface area contributed by atoms with Gasteiger partial charge in [0.15, 0.2) is 0 Å². The van der Waals surface area contributed by atoms with Crippen molar-refractivity contribution in [2.75, 3.05) is 0 Å². The Hall–Kier alpha value is 0.260. The summed E-state index contributed by atoms with van der Waals surface area (Å²) in [4.78, 5) is 0. The number of rotatable bonds is 0. The van der Waals surface area contributed by atoms with Crippen molar-refractivity contribution in [2.45, 2.75) is 0 Å². The molecule has 1 fully saturated rings. The summed E-state index contributed by atoms with van der Waals surface area (Å²) < 4.78 is 22.8. The van der Waals surface area contributed by atoms with E-state index < -0.39 is 20.2 Å². The van der Waals surface area contributed by atoms with E-state index in [4.69, 9.17) is 0 Å². The molecule has 30 valence electrons. The van der Waals surface area contributed by atoms with Crippen molar-refractivity contribution in [3.05, 3.63) is 0 Å². The average Bonchev–Trinajstić information content (AvgIpc) is 1.79. The van der Waals surface area contributed by atoms with Gasteiger partial charge in [-0.15, -0.1) is 0 Å². The van der Waals surface area contributed by atoms with Crippen LogP contribution in [-0.4, -0.2) is 8.42 Å². The number of hydrogen-bond donors (Lipinski definition) is 0. The van der Waals surface area contributed by atoms with Crippen LogP contribution < -0.4 is 0 Å². The van der Waals surface area contributed by atoms with E-state index in [1.807, 2.05) is 0 Å². The Labute approximate surface area is 33.0 Å². The van der Waals surface area contributed by atoms with Crippen molar-refractivity contribution in [1.82, 2.24) is 0 Å². The van der Waals surface area contributed by atoms with Gasteiger partial charge in [-0.3, -0.25) is 0 Å². The Kier molecular flexibility index (Phi) is 0.593. The van der Waals surface area contributed by atoms with Crippen LogP contribution in [-0.2, 0) is 23.9 Å². The molecular weight excluding hydrogens is 112 g/mol. The predicted octanol–water partition coefficient (Wildman–Crippen LogP) is -0.741. The molecule has 0 amide bonds. The molecule has 0 radical (unpaired) electrons. The van der Waals surface area contributed by atoms with Crippen LogP contribution in [0.3, 0.4) is 0 Å². The van der Waals surface area contributed by atoms with Crippen molar-refractivity contribution >= 4 is 20.2 Å². The van der Waals surface area contributed by atoms with E-state index >= 15 is 0 Å². The predicted molar refractivity (Wildman–Crippen MR) is 17.4 cm³/mol. The zero-order valence-corrected chi connectivity index (χ0v) is 3.67. The minimum absolute atomic E-state index is 1.43. The van der Waals surface area contributed by atoms with Crippen LogP contribution in [0.4, 0.5) is 0 Å². The second kappa shape index (κ2) is 0.859. The zero-order valence-electron chi connectivity index (χ0n) is 2.04. The quantitative estimate of drug-likeness (QED) is 0.306. The van der Waals surface area contributed by atoms with Crippen molar-refractivity contribution in [3.63, 3.8) is 0 Å². The van der Waals surface area contributed by atoms with Crippen LogP contribution in [0, 0.1) is 0 Å². The normalized spacial score (nSPS) is 48.8. The van der Waals surface area contributed by atoms with Crippen molar-refractivity contribution in [3.8, 4) is 0 Å². The molecule has 0 aromatic heterocycles. The van der Waals surface area contributed by atoms with Crippen LogP contribution in [0.25, 0.3) is 0 Å². The smallest absolute Gasteiger partial charge is 0.211 e. The molecule has 3 nitrogen and oxygen atoms in total. The molecule has 5 heavy (non-hydrogen) atoms. The average molecular weight is 112 g/mol. The zero-order chi connectivity index (χ0) is 3.86. The lowest BCUT2D eigenvalue weighted by Crippen LogP contribution is -1.45. The fourth-order valence-corrected chi connectivity index (χ4v) is 0.714. The second-order valence-electron chi connectivity index (χ2n) is 0.476. The molecule has 0 spiro atoms. The monoisotopic (exact) mass is 112 g/mol. The lowest BCUT2D eigenvalue weighted by Gasteiger charge is -1.21. The summed E-state index contributed by atoms with van der Waals surface area (Å²) in [5, 5.41) is 0. The first kappa shape index (κ1) is 3.45. The van der Waals surface area contributed by atoms with Crippen LogP contribution in [0.5, 0.6) is 0 Å². The highest BCUT2D eigenvalue weighted by atomic mass is 33.2. The molecule has 1 aliphatic heterocycles. The van der Waals surface area contributed by atoms with Gasteiger partial charge in [-0.2, -0.15) is 3.63 Å². The highest BCUT2D eigenvalue weighted by molar-refractivity contribution is 8.69. The van der Waals surface area contributed by atoms with Crippen molar-refractivity contribution in [2.24, 2.45) is 0 Å². The first-order valence-corrected chi connectivity index (χ1v) is 3.50. The molecule has 0 aromatic rings. The van der Waals surface area contributed by atoms with Crippen LogP contribution in [0.15, 0.2) is 0 Å². The van der Waals surface area contributed by atoms with Crippen molar-refractivity contribution < 1.29 is 12.0 Å². The van der Waals surface area contributed by atoms with Gasteiger partial charge in [0.05, 0.1) is 0 Å². The first-order valence-electron chi connectivity index (χ1n) is 0.833. The molecule has 1 aliphatic rings. The highest BCUT2D eigenvalue weighted by Gasteiger charge is 2.30. The summed E-state index contributed by atoms with van der Waals surface area (Å²) in [6.07, 6.45) is 0. The Bertz CT molecular complexity index is 81.1. The maximum absolute atomic E-state index is 9.48. The van der Waals surface area contributed by atoms with E-state index in [0.29, 0.717) is 0 Å². The molecule has 1 rings (SSSR count). The van der Waals surface area contributed by atoms with E-state index in [1.54, 1.807) is 0 Å². The molecule has 0 bridgehead atoms. The second-order valence-corrected chi connectivity index (χ2v) is 3.47. The van der Waals surface area contributed by atoms with Gasteiger partial charge >= 0.3 is 0 Å². The molecular formula is O3S2. The fraction of sp³-hybridized carbons (Fsp3) is 0. The Morgan fingerprint density at radius 3 is 1.40 bits per heavy atom. The van der Waals surface area contributed by atoms with Crippen LogP contribution >= 0.6 is 0 Å². The maximum atomic E-state index is 9.48. The molecule has 0 unspecified atom stereocenters. The van der Waals surface area contributed by atoms with E-state index in [9.17, 15) is 8.42 Å². The Morgan fingerprint density at radius 1 is 1.20 bits per heavy atom. The van der Waals surface area contributed by atoms with Gasteiger partial charge in [0.25, 0.3) is 20.2 Å². The summed E-state index contributed by atoms with van der Waals surface area (Å²) >= 11 is 0. The summed E-state index contributed by atoms with van der Waals surface area (Å²) in [6, 6.07) is 0. The lowest BCUT2D eigenvalue weighted by atomic mass is 15.9. The largest absolute Gasteiger partial charge is 0.293 e. The molecule has 0 N–H and O–H groups in total. The maximum Gasteiger partial charge on any atom is 0.293 e. The number of hydrogen-bond acceptors (Lipinski definition) is 3. The summed E-state index contributed by atoms with van der Waals surface area (Å²) in [7, 11) is -2.87. The fourth-order valence-electron chi connectivity index (χ4n) is 0.0340. The standard InChI is InChI=1S/O3S2/c1-4-3-5(4)2. The molecule has 1 saturated heterocycles.